The molecule has 0 aliphatic heterocycles. The monoisotopic (exact) mass is 149 g/mol. The van der Waals surface area contributed by atoms with Crippen molar-refractivity contribution in [1.82, 2.24) is 0 Å². The van der Waals surface area contributed by atoms with Crippen LogP contribution in [0.15, 0.2) is 30.3 Å². The summed E-state index contributed by atoms with van der Waals surface area (Å²) in [5.41, 5.74) is 7.15. The highest BCUT2D eigenvalue weighted by atomic mass is 14.6. The zero-order valence-corrected chi connectivity index (χ0v) is 6.96. The van der Waals surface area contributed by atoms with E-state index in [9.17, 15) is 0 Å². The highest BCUT2D eigenvalue weighted by Crippen LogP contribution is 2.13. The van der Waals surface area contributed by atoms with Crippen LogP contribution in [-0.2, 0) is 0 Å². The molecule has 0 amide bonds. The molecule has 0 radical (unpaired) electrons. The van der Waals surface area contributed by atoms with E-state index in [4.69, 9.17) is 5.73 Å². The molecule has 0 bridgehead atoms. The van der Waals surface area contributed by atoms with Crippen LogP contribution >= 0.6 is 0 Å². The minimum atomic E-state index is 0.223. The van der Waals surface area contributed by atoms with Gasteiger partial charge in [0.25, 0.3) is 0 Å². The van der Waals surface area contributed by atoms with Gasteiger partial charge in [-0.25, -0.2) is 0 Å². The third kappa shape index (κ3) is 2.35. The predicted octanol–water partition coefficient (Wildman–Crippen LogP) is 2.49. The molecule has 2 N–H and O–H groups in total. The van der Waals surface area contributed by atoms with Crippen molar-refractivity contribution in [2.45, 2.75) is 25.8 Å². The summed E-state index contributed by atoms with van der Waals surface area (Å²) in [5.74, 6) is 0. The van der Waals surface area contributed by atoms with E-state index in [1.54, 1.807) is 0 Å². The molecule has 0 aromatic heterocycles. The van der Waals surface area contributed by atoms with Gasteiger partial charge < -0.3 is 5.73 Å². The van der Waals surface area contributed by atoms with Crippen LogP contribution in [0, 0.1) is 0 Å². The molecule has 1 atom stereocenters. The molecule has 1 nitrogen and oxygen atoms in total. The first-order chi connectivity index (χ1) is 5.34. The second-order valence-corrected chi connectivity index (χ2v) is 2.81. The summed E-state index contributed by atoms with van der Waals surface area (Å²) >= 11 is 0. The topological polar surface area (TPSA) is 26.0 Å². The molecule has 0 unspecified atom stereocenters. The third-order valence-corrected chi connectivity index (χ3v) is 1.83. The SMILES string of the molecule is CCC[C@H](N)c1ccccc1. The molecule has 0 saturated heterocycles. The summed E-state index contributed by atoms with van der Waals surface area (Å²) in [5, 5.41) is 0. The van der Waals surface area contributed by atoms with Crippen LogP contribution in [-0.4, -0.2) is 0 Å². The molecule has 1 rings (SSSR count). The lowest BCUT2D eigenvalue weighted by Crippen LogP contribution is -2.08. The average Bonchev–Trinajstić information content (AvgIpc) is 2.07. The normalized spacial score (nSPS) is 12.9. The Morgan fingerprint density at radius 3 is 2.45 bits per heavy atom. The maximum atomic E-state index is 5.91. The Balaban J connectivity index is 2.61. The molecule has 60 valence electrons. The Hall–Kier alpha value is -0.820. The smallest absolute Gasteiger partial charge is 0.0294 e. The van der Waals surface area contributed by atoms with Crippen LogP contribution in [0.25, 0.3) is 0 Å². The Morgan fingerprint density at radius 2 is 1.91 bits per heavy atom. The maximum absolute atomic E-state index is 5.91. The van der Waals surface area contributed by atoms with Crippen molar-refractivity contribution in [3.8, 4) is 0 Å². The van der Waals surface area contributed by atoms with Crippen molar-refractivity contribution in [3.63, 3.8) is 0 Å². The van der Waals surface area contributed by atoms with Gasteiger partial charge in [0.15, 0.2) is 0 Å². The van der Waals surface area contributed by atoms with Crippen LogP contribution in [0.3, 0.4) is 0 Å². The van der Waals surface area contributed by atoms with Gasteiger partial charge in [-0.15, -0.1) is 0 Å². The molecule has 0 aliphatic rings. The summed E-state index contributed by atoms with van der Waals surface area (Å²) in [7, 11) is 0. The fourth-order valence-electron chi connectivity index (χ4n) is 1.18. The number of benzene rings is 1. The summed E-state index contributed by atoms with van der Waals surface area (Å²) in [6.45, 7) is 2.16. The van der Waals surface area contributed by atoms with Crippen molar-refractivity contribution in [3.05, 3.63) is 35.9 Å². The highest BCUT2D eigenvalue weighted by molar-refractivity contribution is 5.18. The molecule has 0 aliphatic carbocycles. The molecule has 0 heterocycles. The van der Waals surface area contributed by atoms with E-state index in [2.05, 4.69) is 19.1 Å². The van der Waals surface area contributed by atoms with Crippen molar-refractivity contribution >= 4 is 0 Å². The van der Waals surface area contributed by atoms with Gasteiger partial charge >= 0.3 is 0 Å². The van der Waals surface area contributed by atoms with Crippen molar-refractivity contribution in [2.24, 2.45) is 5.73 Å². The second kappa shape index (κ2) is 4.14. The first-order valence-corrected chi connectivity index (χ1v) is 4.15. The summed E-state index contributed by atoms with van der Waals surface area (Å²) in [6, 6.07) is 10.5. The van der Waals surface area contributed by atoms with E-state index in [1.165, 1.54) is 5.56 Å². The van der Waals surface area contributed by atoms with Crippen LogP contribution < -0.4 is 5.73 Å². The Labute approximate surface area is 68.2 Å². The van der Waals surface area contributed by atoms with Gasteiger partial charge in [-0.1, -0.05) is 43.7 Å². The number of nitrogens with two attached hydrogens (primary N) is 1. The van der Waals surface area contributed by atoms with Gasteiger partial charge in [0.05, 0.1) is 0 Å². The Bertz CT molecular complexity index is 193. The fraction of sp³-hybridized carbons (Fsp3) is 0.400. The van der Waals surface area contributed by atoms with Crippen molar-refractivity contribution in [1.29, 1.82) is 0 Å². The van der Waals surface area contributed by atoms with Crippen LogP contribution in [0.2, 0.25) is 0 Å². The lowest BCUT2D eigenvalue weighted by molar-refractivity contribution is 0.638. The van der Waals surface area contributed by atoms with Crippen molar-refractivity contribution in [2.75, 3.05) is 0 Å². The predicted molar refractivity (Wildman–Crippen MR) is 48.3 cm³/mol. The van der Waals surface area contributed by atoms with E-state index in [0.29, 0.717) is 0 Å². The standard InChI is InChI=1S/C10H15N/c1-2-6-10(11)9-7-4-3-5-8-9/h3-5,7-8,10H,2,6,11H2,1H3/t10-/m0/s1. The lowest BCUT2D eigenvalue weighted by atomic mass is 10.0. The van der Waals surface area contributed by atoms with Gasteiger partial charge in [0, 0.05) is 6.04 Å². The number of hydrogen-bond donors (Lipinski definition) is 1. The van der Waals surface area contributed by atoms with E-state index < -0.39 is 0 Å². The largest absolute Gasteiger partial charge is 0.324 e. The molecule has 1 aromatic rings. The first-order valence-electron chi connectivity index (χ1n) is 4.15. The molecule has 0 fully saturated rings. The fourth-order valence-corrected chi connectivity index (χ4v) is 1.18. The molecule has 1 aromatic carbocycles. The van der Waals surface area contributed by atoms with Crippen molar-refractivity contribution < 1.29 is 0 Å². The van der Waals surface area contributed by atoms with Crippen LogP contribution in [0.4, 0.5) is 0 Å². The van der Waals surface area contributed by atoms with Gasteiger partial charge in [-0.3, -0.25) is 0 Å². The van der Waals surface area contributed by atoms with E-state index in [0.717, 1.165) is 12.8 Å². The van der Waals surface area contributed by atoms with Gasteiger partial charge in [0.1, 0.15) is 0 Å². The van der Waals surface area contributed by atoms with E-state index in [1.807, 2.05) is 18.2 Å². The van der Waals surface area contributed by atoms with Crippen LogP contribution in [0.1, 0.15) is 31.4 Å². The quantitative estimate of drug-likeness (QED) is 0.702. The first kappa shape index (κ1) is 8.28. The average molecular weight is 149 g/mol. The summed E-state index contributed by atoms with van der Waals surface area (Å²) in [6.07, 6.45) is 2.22. The molecule has 11 heavy (non-hydrogen) atoms. The minimum absolute atomic E-state index is 0.223. The second-order valence-electron chi connectivity index (χ2n) is 2.81. The number of rotatable bonds is 3. The van der Waals surface area contributed by atoms with Crippen LogP contribution in [0.5, 0.6) is 0 Å². The Kier molecular flexibility index (Phi) is 3.12. The van der Waals surface area contributed by atoms with Gasteiger partial charge in [0.2, 0.25) is 0 Å². The summed E-state index contributed by atoms with van der Waals surface area (Å²) < 4.78 is 0. The molecule has 1 heteroatoms. The lowest BCUT2D eigenvalue weighted by Gasteiger charge is -2.09. The van der Waals surface area contributed by atoms with E-state index >= 15 is 0 Å². The maximum Gasteiger partial charge on any atom is 0.0294 e. The molecule has 0 spiro atoms. The number of hydrogen-bond acceptors (Lipinski definition) is 1. The van der Waals surface area contributed by atoms with Gasteiger partial charge in [-0.2, -0.15) is 0 Å². The van der Waals surface area contributed by atoms with E-state index in [-0.39, 0.29) is 6.04 Å². The third-order valence-electron chi connectivity index (χ3n) is 1.83. The highest BCUT2D eigenvalue weighted by Gasteiger charge is 2.01. The molecular formula is C10H15N. The Morgan fingerprint density at radius 1 is 1.27 bits per heavy atom. The minimum Gasteiger partial charge on any atom is -0.324 e. The zero-order valence-electron chi connectivity index (χ0n) is 6.96. The zero-order chi connectivity index (χ0) is 8.10. The molecular weight excluding hydrogens is 134 g/mol. The van der Waals surface area contributed by atoms with Gasteiger partial charge in [-0.05, 0) is 12.0 Å². The summed E-state index contributed by atoms with van der Waals surface area (Å²) in [4.78, 5) is 0. The molecule has 0 saturated carbocycles.